The molecule has 0 bridgehead atoms. The van der Waals surface area contributed by atoms with Crippen molar-refractivity contribution >= 4 is 11.9 Å². The van der Waals surface area contributed by atoms with E-state index in [0.717, 1.165) is 0 Å². The molecule has 1 aliphatic rings. The molecule has 8 nitrogen and oxygen atoms in total. The van der Waals surface area contributed by atoms with Gasteiger partial charge in [0.05, 0.1) is 25.6 Å². The first-order valence-electron chi connectivity index (χ1n) is 6.29. The molecular formula is C12H20O8. The summed E-state index contributed by atoms with van der Waals surface area (Å²) in [5, 5.41) is 27.7. The Hall–Kier alpha value is -1.22. The Morgan fingerprint density at radius 2 is 1.95 bits per heavy atom. The van der Waals surface area contributed by atoms with Crippen molar-refractivity contribution in [1.29, 1.82) is 0 Å². The summed E-state index contributed by atoms with van der Waals surface area (Å²) < 4.78 is 15.3. The normalized spacial score (nSPS) is 33.7. The molecule has 0 radical (unpaired) electrons. The lowest BCUT2D eigenvalue weighted by Crippen LogP contribution is -2.56. The molecule has 8 heteroatoms. The number of methoxy groups -OCH3 is 1. The smallest absolute Gasteiger partial charge is 0.306 e. The maximum Gasteiger partial charge on any atom is 0.306 e. The number of carboxylic acid groups (broad SMARTS) is 1. The summed E-state index contributed by atoms with van der Waals surface area (Å²) in [6, 6.07) is 0. The van der Waals surface area contributed by atoms with Crippen molar-refractivity contribution in [2.24, 2.45) is 5.92 Å². The second-order valence-corrected chi connectivity index (χ2v) is 4.66. The van der Waals surface area contributed by atoms with Gasteiger partial charge >= 0.3 is 11.9 Å². The average Bonchev–Trinajstić information content (AvgIpc) is 2.41. The van der Waals surface area contributed by atoms with Gasteiger partial charge in [0.25, 0.3) is 0 Å². The summed E-state index contributed by atoms with van der Waals surface area (Å²) in [6.07, 6.45) is -4.41. The first kappa shape index (κ1) is 16.8. The quantitative estimate of drug-likeness (QED) is 0.540. The van der Waals surface area contributed by atoms with Crippen molar-refractivity contribution in [3.63, 3.8) is 0 Å². The van der Waals surface area contributed by atoms with Crippen LogP contribution in [-0.4, -0.2) is 65.6 Å². The summed E-state index contributed by atoms with van der Waals surface area (Å²) in [5.74, 6) is -2.28. The monoisotopic (exact) mass is 292 g/mol. The highest BCUT2D eigenvalue weighted by Gasteiger charge is 2.45. The Bertz CT molecular complexity index is 328. The first-order valence-corrected chi connectivity index (χ1v) is 6.29. The van der Waals surface area contributed by atoms with Gasteiger partial charge in [-0.2, -0.15) is 0 Å². The van der Waals surface area contributed by atoms with Crippen molar-refractivity contribution in [3.8, 4) is 0 Å². The van der Waals surface area contributed by atoms with Gasteiger partial charge in [-0.25, -0.2) is 0 Å². The van der Waals surface area contributed by atoms with E-state index in [2.05, 4.69) is 0 Å². The molecule has 5 unspecified atom stereocenters. The highest BCUT2D eigenvalue weighted by molar-refractivity contribution is 5.76. The van der Waals surface area contributed by atoms with Crippen LogP contribution in [0.5, 0.6) is 0 Å². The molecule has 1 rings (SSSR count). The van der Waals surface area contributed by atoms with Crippen molar-refractivity contribution in [2.45, 2.75) is 44.4 Å². The number of ether oxygens (including phenoxy) is 3. The third kappa shape index (κ3) is 4.14. The maximum atomic E-state index is 11.6. The van der Waals surface area contributed by atoms with Crippen LogP contribution in [0.15, 0.2) is 0 Å². The molecule has 0 saturated carbocycles. The Labute approximate surface area is 116 Å². The van der Waals surface area contributed by atoms with E-state index in [-0.39, 0.29) is 19.4 Å². The molecule has 0 spiro atoms. The van der Waals surface area contributed by atoms with Gasteiger partial charge in [0.2, 0.25) is 0 Å². The molecule has 0 aromatic carbocycles. The third-order valence-corrected chi connectivity index (χ3v) is 3.25. The molecule has 1 aliphatic heterocycles. The van der Waals surface area contributed by atoms with Gasteiger partial charge in [0, 0.05) is 13.0 Å². The lowest BCUT2D eigenvalue weighted by atomic mass is 9.90. The highest BCUT2D eigenvalue weighted by Crippen LogP contribution is 2.28. The SMILES string of the molecule is COC1OC(CO)C(C)C(OC(=O)CCC(=O)O)C1O. The number of aliphatic hydroxyl groups is 2. The van der Waals surface area contributed by atoms with Gasteiger partial charge in [-0.3, -0.25) is 9.59 Å². The van der Waals surface area contributed by atoms with E-state index < -0.39 is 42.5 Å². The fraction of sp³-hybridized carbons (Fsp3) is 0.833. The minimum atomic E-state index is -1.20. The largest absolute Gasteiger partial charge is 0.481 e. The van der Waals surface area contributed by atoms with E-state index in [9.17, 15) is 19.8 Å². The molecule has 0 aromatic heterocycles. The molecule has 0 amide bonds. The van der Waals surface area contributed by atoms with Crippen LogP contribution in [0.2, 0.25) is 0 Å². The van der Waals surface area contributed by atoms with Crippen molar-refractivity contribution in [3.05, 3.63) is 0 Å². The van der Waals surface area contributed by atoms with Gasteiger partial charge in [-0.15, -0.1) is 0 Å². The molecule has 1 fully saturated rings. The van der Waals surface area contributed by atoms with E-state index >= 15 is 0 Å². The van der Waals surface area contributed by atoms with Crippen LogP contribution in [0.25, 0.3) is 0 Å². The minimum Gasteiger partial charge on any atom is -0.481 e. The standard InChI is InChI=1S/C12H20O8/c1-6-7(5-13)19-12(18-2)10(17)11(6)20-9(16)4-3-8(14)15/h6-7,10-13,17H,3-5H2,1-2H3,(H,14,15). The van der Waals surface area contributed by atoms with Crippen LogP contribution < -0.4 is 0 Å². The predicted molar refractivity (Wildman–Crippen MR) is 64.7 cm³/mol. The van der Waals surface area contributed by atoms with Gasteiger partial charge < -0.3 is 29.5 Å². The molecule has 0 aliphatic carbocycles. The molecule has 1 saturated heterocycles. The van der Waals surface area contributed by atoms with E-state index in [1.807, 2.05) is 0 Å². The number of rotatable bonds is 6. The zero-order valence-corrected chi connectivity index (χ0v) is 11.4. The number of aliphatic hydroxyl groups excluding tert-OH is 2. The first-order chi connectivity index (χ1) is 9.40. The number of aliphatic carboxylic acids is 1. The lowest BCUT2D eigenvalue weighted by Gasteiger charge is -2.41. The number of carboxylic acids is 1. The predicted octanol–water partition coefficient (Wildman–Crippen LogP) is -0.876. The van der Waals surface area contributed by atoms with E-state index in [1.165, 1.54) is 7.11 Å². The van der Waals surface area contributed by atoms with Crippen molar-refractivity contribution in [2.75, 3.05) is 13.7 Å². The topological polar surface area (TPSA) is 123 Å². The van der Waals surface area contributed by atoms with Gasteiger partial charge in [-0.05, 0) is 0 Å². The summed E-state index contributed by atoms with van der Waals surface area (Å²) in [5.41, 5.74) is 0. The number of carbonyl (C=O) groups excluding carboxylic acids is 1. The zero-order valence-electron chi connectivity index (χ0n) is 11.4. The Morgan fingerprint density at radius 3 is 2.45 bits per heavy atom. The second kappa shape index (κ2) is 7.53. The summed E-state index contributed by atoms with van der Waals surface area (Å²) in [7, 11) is 1.32. The van der Waals surface area contributed by atoms with Crippen LogP contribution in [-0.2, 0) is 23.8 Å². The van der Waals surface area contributed by atoms with Crippen LogP contribution in [0.3, 0.4) is 0 Å². The Kier molecular flexibility index (Phi) is 6.34. The molecular weight excluding hydrogens is 272 g/mol. The summed E-state index contributed by atoms with van der Waals surface area (Å²) >= 11 is 0. The molecule has 5 atom stereocenters. The Balaban J connectivity index is 2.68. The van der Waals surface area contributed by atoms with Crippen molar-refractivity contribution < 1.29 is 39.1 Å². The fourth-order valence-corrected chi connectivity index (χ4v) is 2.06. The van der Waals surface area contributed by atoms with Gasteiger partial charge in [0.1, 0.15) is 12.2 Å². The van der Waals surface area contributed by atoms with Crippen LogP contribution in [0.4, 0.5) is 0 Å². The summed E-state index contributed by atoms with van der Waals surface area (Å²) in [4.78, 5) is 21.9. The molecule has 20 heavy (non-hydrogen) atoms. The van der Waals surface area contributed by atoms with E-state index in [4.69, 9.17) is 19.3 Å². The van der Waals surface area contributed by atoms with Crippen LogP contribution in [0.1, 0.15) is 19.8 Å². The number of carbonyl (C=O) groups is 2. The molecule has 3 N–H and O–H groups in total. The van der Waals surface area contributed by atoms with Crippen molar-refractivity contribution in [1.82, 2.24) is 0 Å². The van der Waals surface area contributed by atoms with E-state index in [0.29, 0.717) is 0 Å². The van der Waals surface area contributed by atoms with Gasteiger partial charge in [0.15, 0.2) is 6.29 Å². The fourth-order valence-electron chi connectivity index (χ4n) is 2.06. The minimum absolute atomic E-state index is 0.284. The zero-order chi connectivity index (χ0) is 15.3. The van der Waals surface area contributed by atoms with E-state index in [1.54, 1.807) is 6.92 Å². The van der Waals surface area contributed by atoms with Crippen LogP contribution in [0, 0.1) is 5.92 Å². The average molecular weight is 292 g/mol. The number of hydrogen-bond acceptors (Lipinski definition) is 7. The molecule has 1 heterocycles. The molecule has 0 aromatic rings. The third-order valence-electron chi connectivity index (χ3n) is 3.25. The number of esters is 1. The second-order valence-electron chi connectivity index (χ2n) is 4.66. The maximum absolute atomic E-state index is 11.6. The highest BCUT2D eigenvalue weighted by atomic mass is 16.7. The Morgan fingerprint density at radius 1 is 1.30 bits per heavy atom. The summed E-state index contributed by atoms with van der Waals surface area (Å²) in [6.45, 7) is 1.35. The lowest BCUT2D eigenvalue weighted by molar-refractivity contribution is -0.283. The molecule has 116 valence electrons. The van der Waals surface area contributed by atoms with Crippen LogP contribution >= 0.6 is 0 Å². The van der Waals surface area contributed by atoms with Gasteiger partial charge in [-0.1, -0.05) is 6.92 Å². The number of hydrogen-bond donors (Lipinski definition) is 3.